The third kappa shape index (κ3) is 4.95. The van der Waals surface area contributed by atoms with Gasteiger partial charge < -0.3 is 10.1 Å². The number of halogens is 3. The zero-order chi connectivity index (χ0) is 22.6. The van der Waals surface area contributed by atoms with E-state index in [0.717, 1.165) is 23.3 Å². The van der Waals surface area contributed by atoms with Crippen molar-refractivity contribution in [2.24, 2.45) is 0 Å². The maximum atomic E-state index is 13.2. The van der Waals surface area contributed by atoms with E-state index in [9.17, 15) is 18.0 Å². The Morgan fingerprint density at radius 3 is 2.22 bits per heavy atom. The van der Waals surface area contributed by atoms with Crippen molar-refractivity contribution in [1.82, 2.24) is 4.98 Å². The van der Waals surface area contributed by atoms with Crippen LogP contribution in [0.4, 0.5) is 18.9 Å². The number of pyridine rings is 1. The largest absolute Gasteiger partial charge is 0.455 e. The number of carbonyl (C=O) groups excluding carboxylic acids is 1. The molecule has 32 heavy (non-hydrogen) atoms. The lowest BCUT2D eigenvalue weighted by Crippen LogP contribution is -2.14. The van der Waals surface area contributed by atoms with Gasteiger partial charge in [-0.2, -0.15) is 13.2 Å². The molecule has 0 aliphatic heterocycles. The highest BCUT2D eigenvalue weighted by Gasteiger charge is 2.31. The second kappa shape index (κ2) is 8.93. The summed E-state index contributed by atoms with van der Waals surface area (Å²) in [6.07, 6.45) is -1.75. The molecule has 4 aromatic rings. The molecule has 0 fully saturated rings. The zero-order valence-corrected chi connectivity index (χ0v) is 16.6. The summed E-state index contributed by atoms with van der Waals surface area (Å²) < 4.78 is 45.5. The minimum absolute atomic E-state index is 0.0858. The first kappa shape index (κ1) is 21.1. The van der Waals surface area contributed by atoms with Crippen LogP contribution in [0.5, 0.6) is 11.5 Å². The summed E-state index contributed by atoms with van der Waals surface area (Å²) in [6.45, 7) is 0. The summed E-state index contributed by atoms with van der Waals surface area (Å²) in [6, 6.07) is 22.9. The van der Waals surface area contributed by atoms with Gasteiger partial charge in [-0.05, 0) is 53.6 Å². The smallest absolute Gasteiger partial charge is 0.416 e. The Bertz CT molecular complexity index is 1210. The third-order valence-corrected chi connectivity index (χ3v) is 4.67. The van der Waals surface area contributed by atoms with Crippen LogP contribution in [0.15, 0.2) is 97.3 Å². The van der Waals surface area contributed by atoms with Crippen LogP contribution < -0.4 is 10.1 Å². The number of amides is 1. The van der Waals surface area contributed by atoms with Gasteiger partial charge in [0.25, 0.3) is 5.91 Å². The van der Waals surface area contributed by atoms with Crippen LogP contribution >= 0.6 is 0 Å². The van der Waals surface area contributed by atoms with Gasteiger partial charge >= 0.3 is 6.18 Å². The van der Waals surface area contributed by atoms with Gasteiger partial charge in [-0.3, -0.25) is 9.78 Å². The van der Waals surface area contributed by atoms with Crippen molar-refractivity contribution in [3.63, 3.8) is 0 Å². The molecule has 0 saturated carbocycles. The quantitative estimate of drug-likeness (QED) is 0.375. The summed E-state index contributed by atoms with van der Waals surface area (Å²) in [4.78, 5) is 16.3. The van der Waals surface area contributed by atoms with Gasteiger partial charge in [0.2, 0.25) is 0 Å². The minimum Gasteiger partial charge on any atom is -0.455 e. The normalized spacial score (nSPS) is 11.1. The number of anilines is 1. The Morgan fingerprint density at radius 1 is 0.844 bits per heavy atom. The van der Waals surface area contributed by atoms with Crippen molar-refractivity contribution in [3.8, 4) is 22.6 Å². The highest BCUT2D eigenvalue weighted by molar-refractivity contribution is 6.04. The number of ether oxygens (including phenoxy) is 1. The number of aromatic nitrogens is 1. The summed E-state index contributed by atoms with van der Waals surface area (Å²) in [5.41, 5.74) is 1.21. The predicted octanol–water partition coefficient (Wildman–Crippen LogP) is 6.81. The number of rotatable bonds is 5. The van der Waals surface area contributed by atoms with Gasteiger partial charge in [-0.15, -0.1) is 0 Å². The SMILES string of the molecule is O=C(Nc1cc(C(F)(F)F)ccc1Oc1ccc(-c2ccccc2)cc1)c1cccnc1. The molecule has 1 heterocycles. The summed E-state index contributed by atoms with van der Waals surface area (Å²) in [7, 11) is 0. The lowest BCUT2D eigenvalue weighted by Gasteiger charge is -2.15. The second-order valence-corrected chi connectivity index (χ2v) is 6.90. The molecular weight excluding hydrogens is 417 g/mol. The summed E-state index contributed by atoms with van der Waals surface area (Å²) >= 11 is 0. The fraction of sp³-hybridized carbons (Fsp3) is 0.0400. The molecule has 1 aromatic heterocycles. The van der Waals surface area contributed by atoms with Gasteiger partial charge in [0.1, 0.15) is 5.75 Å². The monoisotopic (exact) mass is 434 g/mol. The summed E-state index contributed by atoms with van der Waals surface area (Å²) in [5.74, 6) is -0.0919. The lowest BCUT2D eigenvalue weighted by atomic mass is 10.1. The van der Waals surface area contributed by atoms with Gasteiger partial charge in [0.15, 0.2) is 5.75 Å². The molecular formula is C25H17F3N2O2. The number of alkyl halides is 3. The number of benzene rings is 3. The van der Waals surface area contributed by atoms with E-state index in [1.807, 2.05) is 42.5 Å². The van der Waals surface area contributed by atoms with Gasteiger partial charge in [0.05, 0.1) is 16.8 Å². The highest BCUT2D eigenvalue weighted by atomic mass is 19.4. The predicted molar refractivity (Wildman–Crippen MR) is 116 cm³/mol. The maximum absolute atomic E-state index is 13.2. The molecule has 0 bridgehead atoms. The Morgan fingerprint density at radius 2 is 1.56 bits per heavy atom. The van der Waals surface area contributed by atoms with E-state index in [1.54, 1.807) is 18.2 Å². The van der Waals surface area contributed by atoms with Crippen molar-refractivity contribution in [3.05, 3.63) is 108 Å². The van der Waals surface area contributed by atoms with E-state index in [2.05, 4.69) is 10.3 Å². The molecule has 4 rings (SSSR count). The van der Waals surface area contributed by atoms with Crippen molar-refractivity contribution < 1.29 is 22.7 Å². The van der Waals surface area contributed by atoms with E-state index in [-0.39, 0.29) is 17.0 Å². The van der Waals surface area contributed by atoms with Gasteiger partial charge in [0, 0.05) is 12.4 Å². The fourth-order valence-corrected chi connectivity index (χ4v) is 3.06. The molecule has 1 amide bonds. The molecule has 1 N–H and O–H groups in total. The lowest BCUT2D eigenvalue weighted by molar-refractivity contribution is -0.137. The molecule has 160 valence electrons. The van der Waals surface area contributed by atoms with Crippen LogP contribution in [0.25, 0.3) is 11.1 Å². The van der Waals surface area contributed by atoms with Crippen LogP contribution in [-0.2, 0) is 6.18 Å². The van der Waals surface area contributed by atoms with E-state index in [1.165, 1.54) is 24.5 Å². The number of nitrogens with zero attached hydrogens (tertiary/aromatic N) is 1. The average Bonchev–Trinajstić information content (AvgIpc) is 2.81. The molecule has 0 unspecified atom stereocenters. The fourth-order valence-electron chi connectivity index (χ4n) is 3.06. The van der Waals surface area contributed by atoms with E-state index in [0.29, 0.717) is 5.75 Å². The molecule has 4 nitrogen and oxygen atoms in total. The molecule has 0 spiro atoms. The van der Waals surface area contributed by atoms with E-state index >= 15 is 0 Å². The van der Waals surface area contributed by atoms with Gasteiger partial charge in [-0.1, -0.05) is 42.5 Å². The topological polar surface area (TPSA) is 51.2 Å². The first-order valence-corrected chi connectivity index (χ1v) is 9.66. The Labute approximate surface area is 182 Å². The van der Waals surface area contributed by atoms with Crippen molar-refractivity contribution in [2.75, 3.05) is 5.32 Å². The Balaban J connectivity index is 1.62. The van der Waals surface area contributed by atoms with Crippen molar-refractivity contribution in [1.29, 1.82) is 0 Å². The van der Waals surface area contributed by atoms with E-state index < -0.39 is 17.6 Å². The van der Waals surface area contributed by atoms with Gasteiger partial charge in [-0.25, -0.2) is 0 Å². The Hall–Kier alpha value is -4.13. The molecule has 0 radical (unpaired) electrons. The average molecular weight is 434 g/mol. The van der Waals surface area contributed by atoms with Crippen LogP contribution in [0.1, 0.15) is 15.9 Å². The molecule has 3 aromatic carbocycles. The maximum Gasteiger partial charge on any atom is 0.416 e. The molecule has 0 aliphatic rings. The molecule has 7 heteroatoms. The first-order valence-electron chi connectivity index (χ1n) is 9.66. The standard InChI is InChI=1S/C25H17F3N2O2/c26-25(27,28)20-10-13-23(22(15-20)30-24(31)19-7-4-14-29-16-19)32-21-11-8-18(9-12-21)17-5-2-1-3-6-17/h1-16H,(H,30,31). The summed E-state index contributed by atoms with van der Waals surface area (Å²) in [5, 5.41) is 2.49. The van der Waals surface area contributed by atoms with Crippen molar-refractivity contribution in [2.45, 2.75) is 6.18 Å². The molecule has 0 saturated heterocycles. The second-order valence-electron chi connectivity index (χ2n) is 6.90. The van der Waals surface area contributed by atoms with E-state index in [4.69, 9.17) is 4.74 Å². The van der Waals surface area contributed by atoms with Crippen molar-refractivity contribution >= 4 is 11.6 Å². The van der Waals surface area contributed by atoms with Crippen LogP contribution in [0.3, 0.4) is 0 Å². The first-order chi connectivity index (χ1) is 15.4. The van der Waals surface area contributed by atoms with Crippen LogP contribution in [0.2, 0.25) is 0 Å². The third-order valence-electron chi connectivity index (χ3n) is 4.67. The molecule has 0 aliphatic carbocycles. The molecule has 0 atom stereocenters. The van der Waals surface area contributed by atoms with Crippen LogP contribution in [0, 0.1) is 0 Å². The number of carbonyl (C=O) groups is 1. The minimum atomic E-state index is -4.57. The number of hydrogen-bond acceptors (Lipinski definition) is 3. The number of nitrogens with one attached hydrogen (secondary N) is 1. The Kier molecular flexibility index (Phi) is 5.89. The zero-order valence-electron chi connectivity index (χ0n) is 16.6. The van der Waals surface area contributed by atoms with Crippen LogP contribution in [-0.4, -0.2) is 10.9 Å². The number of hydrogen-bond donors (Lipinski definition) is 1. The highest BCUT2D eigenvalue weighted by Crippen LogP contribution is 2.37.